The van der Waals surface area contributed by atoms with Crippen LogP contribution in [-0.2, 0) is 4.74 Å². The van der Waals surface area contributed by atoms with Crippen LogP contribution >= 0.6 is 11.3 Å². The molecule has 5 heteroatoms. The Morgan fingerprint density at radius 2 is 2.19 bits per heavy atom. The number of ether oxygens (including phenoxy) is 1. The number of hydrogen-bond acceptors (Lipinski definition) is 3. The largest absolute Gasteiger partial charge is 0.381 e. The van der Waals surface area contributed by atoms with Crippen LogP contribution in [0.15, 0.2) is 24.5 Å². The number of thiophene rings is 1. The normalized spacial score (nSPS) is 18.1. The van der Waals surface area contributed by atoms with Crippen molar-refractivity contribution in [3.63, 3.8) is 0 Å². The standard InChI is InChI=1S/C16H20N2O2S/c1-11-12(2)21-16(18-6-3-4-7-18)14(11)15(19)17-9-13-5-8-20-10-13/h3-4,6-7,13H,5,8-10H2,1-2H3,(H,17,19). The van der Waals surface area contributed by atoms with Crippen molar-refractivity contribution in [2.75, 3.05) is 19.8 Å². The van der Waals surface area contributed by atoms with Gasteiger partial charge in [-0.25, -0.2) is 0 Å². The third-order valence-corrected chi connectivity index (χ3v) is 5.23. The Labute approximate surface area is 128 Å². The highest BCUT2D eigenvalue weighted by Gasteiger charge is 2.22. The lowest BCUT2D eigenvalue weighted by Gasteiger charge is -2.11. The van der Waals surface area contributed by atoms with E-state index in [1.165, 1.54) is 4.88 Å². The zero-order valence-corrected chi connectivity index (χ0v) is 13.2. The molecule has 2 aromatic rings. The fraction of sp³-hybridized carbons (Fsp3) is 0.438. The van der Waals surface area contributed by atoms with Gasteiger partial charge in [0.15, 0.2) is 0 Å². The lowest BCUT2D eigenvalue weighted by atomic mass is 10.1. The van der Waals surface area contributed by atoms with Gasteiger partial charge in [0.05, 0.1) is 12.2 Å². The molecule has 1 saturated heterocycles. The summed E-state index contributed by atoms with van der Waals surface area (Å²) in [6.45, 7) is 6.34. The van der Waals surface area contributed by atoms with Crippen LogP contribution in [0.2, 0.25) is 0 Å². The van der Waals surface area contributed by atoms with Crippen molar-refractivity contribution < 1.29 is 9.53 Å². The summed E-state index contributed by atoms with van der Waals surface area (Å²) >= 11 is 1.66. The fourth-order valence-corrected chi connectivity index (χ4v) is 3.72. The fourth-order valence-electron chi connectivity index (χ4n) is 2.60. The lowest BCUT2D eigenvalue weighted by Crippen LogP contribution is -2.30. The molecule has 3 heterocycles. The molecular formula is C16H20N2O2S. The van der Waals surface area contributed by atoms with Crippen LogP contribution in [-0.4, -0.2) is 30.2 Å². The molecule has 1 N–H and O–H groups in total. The summed E-state index contributed by atoms with van der Waals surface area (Å²) in [6.07, 6.45) is 4.99. The van der Waals surface area contributed by atoms with Gasteiger partial charge in [-0.05, 0) is 38.0 Å². The van der Waals surface area contributed by atoms with Crippen LogP contribution in [0.4, 0.5) is 0 Å². The molecule has 21 heavy (non-hydrogen) atoms. The number of hydrogen-bond donors (Lipinski definition) is 1. The van der Waals surface area contributed by atoms with Crippen LogP contribution in [0.3, 0.4) is 0 Å². The van der Waals surface area contributed by atoms with E-state index in [-0.39, 0.29) is 5.91 Å². The minimum absolute atomic E-state index is 0.0208. The van der Waals surface area contributed by atoms with Gasteiger partial charge in [0, 0.05) is 36.3 Å². The highest BCUT2D eigenvalue weighted by Crippen LogP contribution is 2.31. The average Bonchev–Trinajstić information content (AvgIpc) is 3.19. The van der Waals surface area contributed by atoms with Gasteiger partial charge in [-0.2, -0.15) is 0 Å². The second kappa shape index (κ2) is 6.03. The molecule has 0 aromatic carbocycles. The van der Waals surface area contributed by atoms with E-state index in [9.17, 15) is 4.79 Å². The number of aryl methyl sites for hydroxylation is 1. The molecule has 112 valence electrons. The molecule has 0 saturated carbocycles. The Morgan fingerprint density at radius 1 is 1.43 bits per heavy atom. The second-order valence-electron chi connectivity index (χ2n) is 5.49. The van der Waals surface area contributed by atoms with E-state index < -0.39 is 0 Å². The topological polar surface area (TPSA) is 43.3 Å². The number of amides is 1. The minimum atomic E-state index is 0.0208. The van der Waals surface area contributed by atoms with Crippen molar-refractivity contribution in [1.29, 1.82) is 0 Å². The zero-order valence-electron chi connectivity index (χ0n) is 12.4. The van der Waals surface area contributed by atoms with Gasteiger partial charge in [-0.1, -0.05) is 0 Å². The molecule has 0 aliphatic carbocycles. The van der Waals surface area contributed by atoms with Crippen molar-refractivity contribution >= 4 is 17.2 Å². The van der Waals surface area contributed by atoms with E-state index in [1.54, 1.807) is 11.3 Å². The van der Waals surface area contributed by atoms with Gasteiger partial charge in [0.1, 0.15) is 5.00 Å². The average molecular weight is 304 g/mol. The molecule has 4 nitrogen and oxygen atoms in total. The minimum Gasteiger partial charge on any atom is -0.381 e. The van der Waals surface area contributed by atoms with Gasteiger partial charge in [-0.15, -0.1) is 11.3 Å². The molecular weight excluding hydrogens is 284 g/mol. The summed E-state index contributed by atoms with van der Waals surface area (Å²) in [4.78, 5) is 13.8. The predicted octanol–water partition coefficient (Wildman–Crippen LogP) is 2.92. The van der Waals surface area contributed by atoms with E-state index in [0.29, 0.717) is 12.5 Å². The lowest BCUT2D eigenvalue weighted by molar-refractivity contribution is 0.0945. The van der Waals surface area contributed by atoms with Crippen molar-refractivity contribution in [1.82, 2.24) is 9.88 Å². The molecule has 1 fully saturated rings. The summed E-state index contributed by atoms with van der Waals surface area (Å²) in [7, 11) is 0. The summed E-state index contributed by atoms with van der Waals surface area (Å²) < 4.78 is 7.36. The van der Waals surface area contributed by atoms with Crippen LogP contribution in [0.25, 0.3) is 5.00 Å². The molecule has 1 unspecified atom stereocenters. The molecule has 0 bridgehead atoms. The van der Waals surface area contributed by atoms with Gasteiger partial charge >= 0.3 is 0 Å². The van der Waals surface area contributed by atoms with E-state index in [4.69, 9.17) is 4.74 Å². The number of aromatic nitrogens is 1. The van der Waals surface area contributed by atoms with Gasteiger partial charge in [-0.3, -0.25) is 4.79 Å². The smallest absolute Gasteiger partial charge is 0.254 e. The first-order chi connectivity index (χ1) is 10.2. The number of carbonyl (C=O) groups excluding carboxylic acids is 1. The molecule has 1 aliphatic heterocycles. The molecule has 0 radical (unpaired) electrons. The van der Waals surface area contributed by atoms with Gasteiger partial charge < -0.3 is 14.6 Å². The maximum atomic E-state index is 12.6. The quantitative estimate of drug-likeness (QED) is 0.944. The van der Waals surface area contributed by atoms with E-state index in [2.05, 4.69) is 12.2 Å². The number of nitrogens with zero attached hydrogens (tertiary/aromatic N) is 1. The summed E-state index contributed by atoms with van der Waals surface area (Å²) in [6, 6.07) is 3.95. The first-order valence-electron chi connectivity index (χ1n) is 7.26. The van der Waals surface area contributed by atoms with E-state index in [1.807, 2.05) is 36.0 Å². The SMILES string of the molecule is Cc1sc(-n2cccc2)c(C(=O)NCC2CCOC2)c1C. The third-order valence-electron chi connectivity index (χ3n) is 4.01. The maximum absolute atomic E-state index is 12.6. The van der Waals surface area contributed by atoms with Crippen LogP contribution in [0.1, 0.15) is 27.2 Å². The van der Waals surface area contributed by atoms with Crippen LogP contribution in [0, 0.1) is 19.8 Å². The molecule has 1 atom stereocenters. The van der Waals surface area contributed by atoms with Gasteiger partial charge in [0.2, 0.25) is 0 Å². The molecule has 1 aliphatic rings. The maximum Gasteiger partial charge on any atom is 0.254 e. The highest BCUT2D eigenvalue weighted by atomic mass is 32.1. The van der Waals surface area contributed by atoms with E-state index in [0.717, 1.165) is 35.8 Å². The first kappa shape index (κ1) is 14.4. The Balaban J connectivity index is 1.81. The number of nitrogens with one attached hydrogen (secondary N) is 1. The number of carbonyl (C=O) groups is 1. The highest BCUT2D eigenvalue weighted by molar-refractivity contribution is 7.15. The molecule has 0 spiro atoms. The Bertz CT molecular complexity index is 625. The number of rotatable bonds is 4. The summed E-state index contributed by atoms with van der Waals surface area (Å²) in [5, 5.41) is 4.07. The van der Waals surface area contributed by atoms with Crippen molar-refractivity contribution in [2.45, 2.75) is 20.3 Å². The first-order valence-corrected chi connectivity index (χ1v) is 8.07. The van der Waals surface area contributed by atoms with Crippen molar-refractivity contribution in [2.24, 2.45) is 5.92 Å². The zero-order chi connectivity index (χ0) is 14.8. The third kappa shape index (κ3) is 2.89. The van der Waals surface area contributed by atoms with Crippen molar-refractivity contribution in [3.05, 3.63) is 40.5 Å². The predicted molar refractivity (Wildman–Crippen MR) is 84.4 cm³/mol. The Hall–Kier alpha value is -1.59. The van der Waals surface area contributed by atoms with Crippen LogP contribution in [0.5, 0.6) is 0 Å². The summed E-state index contributed by atoms with van der Waals surface area (Å²) in [5.74, 6) is 0.469. The molecule has 2 aromatic heterocycles. The molecule has 3 rings (SSSR count). The van der Waals surface area contributed by atoms with Crippen molar-refractivity contribution in [3.8, 4) is 5.00 Å². The second-order valence-corrected chi connectivity index (χ2v) is 6.70. The van der Waals surface area contributed by atoms with Crippen LogP contribution < -0.4 is 5.32 Å². The van der Waals surface area contributed by atoms with Gasteiger partial charge in [0.25, 0.3) is 5.91 Å². The Kier molecular flexibility index (Phi) is 4.12. The van der Waals surface area contributed by atoms with E-state index >= 15 is 0 Å². The monoisotopic (exact) mass is 304 g/mol. The molecule has 1 amide bonds. The summed E-state index contributed by atoms with van der Waals surface area (Å²) in [5.41, 5.74) is 1.87. The Morgan fingerprint density at radius 3 is 2.86 bits per heavy atom.